The largest absolute Gasteiger partial charge is 0.340 e. The van der Waals surface area contributed by atoms with Gasteiger partial charge in [-0.3, -0.25) is 0 Å². The first kappa shape index (κ1) is 15.2. The Labute approximate surface area is 140 Å². The molecule has 7 heteroatoms. The number of hydrogen-bond donors (Lipinski definition) is 0. The number of hydrogen-bond acceptors (Lipinski definition) is 6. The molecule has 4 rings (SSSR count). The second-order valence-electron chi connectivity index (χ2n) is 6.96. The first-order valence-corrected chi connectivity index (χ1v) is 8.40. The van der Waals surface area contributed by atoms with E-state index in [1.165, 1.54) is 18.8 Å². The van der Waals surface area contributed by atoms with Gasteiger partial charge in [-0.1, -0.05) is 0 Å². The molecule has 2 aromatic heterocycles. The van der Waals surface area contributed by atoms with Gasteiger partial charge < -0.3 is 9.80 Å². The molecule has 1 unspecified atom stereocenters. The van der Waals surface area contributed by atoms with E-state index in [9.17, 15) is 4.39 Å². The van der Waals surface area contributed by atoms with E-state index < -0.39 is 5.82 Å². The van der Waals surface area contributed by atoms with Crippen molar-refractivity contribution in [2.45, 2.75) is 26.2 Å². The SMILES string of the molecule is Cc1cnc(N2CCC3(CCCN(c4ncc(F)cn4)C3)C2)nc1. The van der Waals surface area contributed by atoms with Crippen LogP contribution in [-0.4, -0.2) is 46.1 Å². The van der Waals surface area contributed by atoms with Gasteiger partial charge in [0.2, 0.25) is 11.9 Å². The second-order valence-corrected chi connectivity index (χ2v) is 6.96. The maximum absolute atomic E-state index is 13.1. The molecule has 0 aromatic carbocycles. The summed E-state index contributed by atoms with van der Waals surface area (Å²) in [6.07, 6.45) is 9.62. The normalized spacial score (nSPS) is 23.9. The topological polar surface area (TPSA) is 58.0 Å². The minimum atomic E-state index is -0.394. The summed E-state index contributed by atoms with van der Waals surface area (Å²) >= 11 is 0. The van der Waals surface area contributed by atoms with Gasteiger partial charge in [0.25, 0.3) is 0 Å². The van der Waals surface area contributed by atoms with Crippen molar-refractivity contribution in [3.05, 3.63) is 36.2 Å². The molecule has 2 aromatic rings. The molecule has 2 aliphatic heterocycles. The number of piperidine rings is 1. The van der Waals surface area contributed by atoms with Gasteiger partial charge in [0.15, 0.2) is 5.82 Å². The van der Waals surface area contributed by atoms with Crippen LogP contribution in [0.3, 0.4) is 0 Å². The molecule has 2 fully saturated rings. The standard InChI is InChI=1S/C17H21FN6/c1-13-7-19-15(20-8-13)24-6-4-17(12-24)3-2-5-23(11-17)16-21-9-14(18)10-22-16/h7-10H,2-6,11-12H2,1H3. The lowest BCUT2D eigenvalue weighted by atomic mass is 9.79. The molecule has 0 radical (unpaired) electrons. The van der Waals surface area contributed by atoms with Gasteiger partial charge in [-0.25, -0.2) is 24.3 Å². The molecule has 6 nitrogen and oxygen atoms in total. The highest BCUT2D eigenvalue weighted by atomic mass is 19.1. The fraction of sp³-hybridized carbons (Fsp3) is 0.529. The minimum Gasteiger partial charge on any atom is -0.340 e. The van der Waals surface area contributed by atoms with E-state index in [0.717, 1.165) is 50.5 Å². The number of anilines is 2. The summed E-state index contributed by atoms with van der Waals surface area (Å²) < 4.78 is 13.1. The summed E-state index contributed by atoms with van der Waals surface area (Å²) in [5.74, 6) is 1.04. The van der Waals surface area contributed by atoms with E-state index in [0.29, 0.717) is 5.95 Å². The highest BCUT2D eigenvalue weighted by Gasteiger charge is 2.42. The number of aryl methyl sites for hydroxylation is 1. The minimum absolute atomic E-state index is 0.213. The lowest BCUT2D eigenvalue weighted by Gasteiger charge is -2.40. The van der Waals surface area contributed by atoms with Crippen molar-refractivity contribution in [1.29, 1.82) is 0 Å². The first-order valence-electron chi connectivity index (χ1n) is 8.40. The van der Waals surface area contributed by atoms with Crippen molar-refractivity contribution in [2.24, 2.45) is 5.41 Å². The Balaban J connectivity index is 1.49. The van der Waals surface area contributed by atoms with Gasteiger partial charge in [0.05, 0.1) is 12.4 Å². The van der Waals surface area contributed by atoms with Crippen LogP contribution in [0.2, 0.25) is 0 Å². The number of aromatic nitrogens is 4. The molecule has 0 N–H and O–H groups in total. The third kappa shape index (κ3) is 2.90. The smallest absolute Gasteiger partial charge is 0.225 e. The molecule has 0 aliphatic carbocycles. The van der Waals surface area contributed by atoms with E-state index in [2.05, 4.69) is 29.7 Å². The van der Waals surface area contributed by atoms with Crippen LogP contribution in [0.5, 0.6) is 0 Å². The van der Waals surface area contributed by atoms with E-state index in [4.69, 9.17) is 0 Å². The average molecular weight is 328 g/mol. The highest BCUT2D eigenvalue weighted by molar-refractivity contribution is 5.36. The third-order valence-electron chi connectivity index (χ3n) is 5.04. The molecule has 1 atom stereocenters. The first-order chi connectivity index (χ1) is 11.6. The lowest BCUT2D eigenvalue weighted by Crippen LogP contribution is -2.45. The van der Waals surface area contributed by atoms with Crippen molar-refractivity contribution < 1.29 is 4.39 Å². The molecular weight excluding hydrogens is 307 g/mol. The molecule has 1 spiro atoms. The fourth-order valence-corrected chi connectivity index (χ4v) is 3.84. The number of halogens is 1. The Morgan fingerprint density at radius 2 is 1.46 bits per heavy atom. The molecule has 2 saturated heterocycles. The van der Waals surface area contributed by atoms with Crippen LogP contribution in [0.1, 0.15) is 24.8 Å². The third-order valence-corrected chi connectivity index (χ3v) is 5.04. The Hall–Kier alpha value is -2.31. The second kappa shape index (κ2) is 5.96. The molecule has 24 heavy (non-hydrogen) atoms. The number of rotatable bonds is 2. The van der Waals surface area contributed by atoms with Crippen molar-refractivity contribution >= 4 is 11.9 Å². The maximum Gasteiger partial charge on any atom is 0.225 e. The molecule has 2 aliphatic rings. The molecule has 126 valence electrons. The van der Waals surface area contributed by atoms with Crippen molar-refractivity contribution in [3.8, 4) is 0 Å². The summed E-state index contributed by atoms with van der Waals surface area (Å²) in [5, 5.41) is 0. The fourth-order valence-electron chi connectivity index (χ4n) is 3.84. The van der Waals surface area contributed by atoms with Crippen molar-refractivity contribution in [1.82, 2.24) is 19.9 Å². The molecule has 0 amide bonds. The van der Waals surface area contributed by atoms with E-state index in [1.54, 1.807) is 0 Å². The summed E-state index contributed by atoms with van der Waals surface area (Å²) in [5.41, 5.74) is 1.29. The van der Waals surface area contributed by atoms with Crippen LogP contribution >= 0.6 is 0 Å². The van der Waals surface area contributed by atoms with Gasteiger partial charge in [-0.2, -0.15) is 0 Å². The summed E-state index contributed by atoms with van der Waals surface area (Å²) in [7, 11) is 0. The monoisotopic (exact) mass is 328 g/mol. The molecular formula is C17H21FN6. The summed E-state index contributed by atoms with van der Waals surface area (Å²) in [6.45, 7) is 5.75. The van der Waals surface area contributed by atoms with E-state index in [-0.39, 0.29) is 5.41 Å². The zero-order valence-electron chi connectivity index (χ0n) is 13.8. The highest BCUT2D eigenvalue weighted by Crippen LogP contribution is 2.40. The molecule has 0 saturated carbocycles. The van der Waals surface area contributed by atoms with Crippen LogP contribution in [0.25, 0.3) is 0 Å². The zero-order valence-corrected chi connectivity index (χ0v) is 13.8. The van der Waals surface area contributed by atoms with Crippen LogP contribution in [0, 0.1) is 18.2 Å². The Bertz CT molecular complexity index is 704. The van der Waals surface area contributed by atoms with Gasteiger partial charge in [0, 0.05) is 44.0 Å². The predicted octanol–water partition coefficient (Wildman–Crippen LogP) is 2.21. The van der Waals surface area contributed by atoms with Gasteiger partial charge >= 0.3 is 0 Å². The Kier molecular flexibility index (Phi) is 3.78. The van der Waals surface area contributed by atoms with E-state index >= 15 is 0 Å². The van der Waals surface area contributed by atoms with Crippen LogP contribution in [0.15, 0.2) is 24.8 Å². The average Bonchev–Trinajstić information content (AvgIpc) is 2.99. The van der Waals surface area contributed by atoms with Crippen molar-refractivity contribution in [2.75, 3.05) is 36.0 Å². The molecule has 0 bridgehead atoms. The molecule has 4 heterocycles. The van der Waals surface area contributed by atoms with Crippen LogP contribution in [-0.2, 0) is 0 Å². The predicted molar refractivity (Wildman–Crippen MR) is 89.5 cm³/mol. The van der Waals surface area contributed by atoms with Gasteiger partial charge in [0.1, 0.15) is 0 Å². The summed E-state index contributed by atoms with van der Waals surface area (Å²) in [4.78, 5) is 21.7. The number of nitrogens with zero attached hydrogens (tertiary/aromatic N) is 6. The van der Waals surface area contributed by atoms with Gasteiger partial charge in [-0.15, -0.1) is 0 Å². The van der Waals surface area contributed by atoms with Crippen LogP contribution in [0.4, 0.5) is 16.3 Å². The Morgan fingerprint density at radius 1 is 0.875 bits per heavy atom. The lowest BCUT2D eigenvalue weighted by molar-refractivity contribution is 0.262. The zero-order chi connectivity index (χ0) is 16.6. The van der Waals surface area contributed by atoms with Crippen LogP contribution < -0.4 is 9.80 Å². The quantitative estimate of drug-likeness (QED) is 0.842. The van der Waals surface area contributed by atoms with Gasteiger partial charge in [-0.05, 0) is 31.7 Å². The Morgan fingerprint density at radius 3 is 2.12 bits per heavy atom. The van der Waals surface area contributed by atoms with E-state index in [1.807, 2.05) is 19.3 Å². The van der Waals surface area contributed by atoms with Crippen molar-refractivity contribution in [3.63, 3.8) is 0 Å². The maximum atomic E-state index is 13.1. The summed E-state index contributed by atoms with van der Waals surface area (Å²) in [6, 6.07) is 0.